The number of carbonyl (C=O) groups excluding carboxylic acids is 1. The summed E-state index contributed by atoms with van der Waals surface area (Å²) in [6.45, 7) is 4.93. The quantitative estimate of drug-likeness (QED) is 0.869. The summed E-state index contributed by atoms with van der Waals surface area (Å²) in [5, 5.41) is 11.0. The Balaban J connectivity index is 1.89. The van der Waals surface area contributed by atoms with Gasteiger partial charge < -0.3 is 10.1 Å². The molecular weight excluding hydrogens is 326 g/mol. The summed E-state index contributed by atoms with van der Waals surface area (Å²) in [7, 11) is 0. The van der Waals surface area contributed by atoms with Crippen molar-refractivity contribution in [2.24, 2.45) is 0 Å². The van der Waals surface area contributed by atoms with Gasteiger partial charge in [-0.3, -0.25) is 9.48 Å². The molecule has 108 valence electrons. The third-order valence-electron chi connectivity index (χ3n) is 2.54. The largest absolute Gasteiger partial charge is 0.360 e. The molecule has 0 aliphatic carbocycles. The van der Waals surface area contributed by atoms with E-state index in [1.165, 1.54) is 0 Å². The molecule has 1 amide bonds. The third kappa shape index (κ3) is 3.91. The lowest BCUT2D eigenvalue weighted by atomic mass is 10.5. The summed E-state index contributed by atoms with van der Waals surface area (Å²) < 4.78 is 9.30. The molecule has 0 spiro atoms. The Kier molecular flexibility index (Phi) is 4.91. The van der Waals surface area contributed by atoms with Crippen molar-refractivity contribution < 1.29 is 9.53 Å². The van der Waals surface area contributed by atoms with E-state index in [-0.39, 0.29) is 12.5 Å². The SMILES string of the molecule is CCOCn1cc(NC(=O)Cn2cc(Br)c(C)n2)cn1. The van der Waals surface area contributed by atoms with Gasteiger partial charge in [-0.05, 0) is 29.8 Å². The molecule has 0 atom stereocenters. The molecule has 0 aromatic carbocycles. The monoisotopic (exact) mass is 341 g/mol. The fourth-order valence-corrected chi connectivity index (χ4v) is 1.92. The standard InChI is InChI=1S/C12H16BrN5O2/c1-3-20-8-18-5-10(4-14-18)15-12(19)7-17-6-11(13)9(2)16-17/h4-6H,3,7-8H2,1-2H3,(H,15,19). The van der Waals surface area contributed by atoms with Gasteiger partial charge in [-0.2, -0.15) is 10.2 Å². The Morgan fingerprint density at radius 1 is 1.45 bits per heavy atom. The van der Waals surface area contributed by atoms with Crippen molar-refractivity contribution in [2.45, 2.75) is 27.1 Å². The van der Waals surface area contributed by atoms with Gasteiger partial charge in [0.25, 0.3) is 0 Å². The number of hydrogen-bond acceptors (Lipinski definition) is 4. The summed E-state index contributed by atoms with van der Waals surface area (Å²) >= 11 is 3.36. The number of nitrogens with zero attached hydrogens (tertiary/aromatic N) is 4. The van der Waals surface area contributed by atoms with Crippen molar-refractivity contribution in [3.63, 3.8) is 0 Å². The van der Waals surface area contributed by atoms with Gasteiger partial charge in [0.15, 0.2) is 0 Å². The number of amides is 1. The van der Waals surface area contributed by atoms with Crippen molar-refractivity contribution >= 4 is 27.5 Å². The summed E-state index contributed by atoms with van der Waals surface area (Å²) in [6.07, 6.45) is 5.08. The van der Waals surface area contributed by atoms with Crippen LogP contribution in [0.25, 0.3) is 0 Å². The number of carbonyl (C=O) groups is 1. The number of anilines is 1. The van der Waals surface area contributed by atoms with Crippen LogP contribution < -0.4 is 5.32 Å². The predicted molar refractivity (Wildman–Crippen MR) is 77.1 cm³/mol. The highest BCUT2D eigenvalue weighted by Gasteiger charge is 2.08. The average molecular weight is 342 g/mol. The van der Waals surface area contributed by atoms with Gasteiger partial charge in [-0.1, -0.05) is 0 Å². The van der Waals surface area contributed by atoms with E-state index in [4.69, 9.17) is 4.74 Å². The summed E-state index contributed by atoms with van der Waals surface area (Å²) in [5.74, 6) is -0.157. The first-order valence-electron chi connectivity index (χ1n) is 6.18. The number of aromatic nitrogens is 4. The first kappa shape index (κ1) is 14.7. The Bertz CT molecular complexity index is 573. The van der Waals surface area contributed by atoms with E-state index in [0.717, 1.165) is 10.2 Å². The highest BCUT2D eigenvalue weighted by Crippen LogP contribution is 2.13. The summed E-state index contributed by atoms with van der Waals surface area (Å²) in [6, 6.07) is 0. The number of rotatable bonds is 6. The average Bonchev–Trinajstić information content (AvgIpc) is 2.94. The van der Waals surface area contributed by atoms with Crippen molar-refractivity contribution in [2.75, 3.05) is 11.9 Å². The molecule has 2 heterocycles. The van der Waals surface area contributed by atoms with E-state index >= 15 is 0 Å². The maximum atomic E-state index is 11.9. The van der Waals surface area contributed by atoms with Gasteiger partial charge in [-0.25, -0.2) is 4.68 Å². The molecule has 1 N–H and O–H groups in total. The Labute approximate surface area is 125 Å². The first-order chi connectivity index (χ1) is 9.58. The van der Waals surface area contributed by atoms with Crippen molar-refractivity contribution in [3.05, 3.63) is 28.8 Å². The molecule has 0 fully saturated rings. The van der Waals surface area contributed by atoms with Crippen molar-refractivity contribution in [3.8, 4) is 0 Å². The molecule has 7 nitrogen and oxygen atoms in total. The van der Waals surface area contributed by atoms with Crippen molar-refractivity contribution in [1.29, 1.82) is 0 Å². The number of ether oxygens (including phenoxy) is 1. The Hall–Kier alpha value is -1.67. The fourth-order valence-electron chi connectivity index (χ4n) is 1.61. The first-order valence-corrected chi connectivity index (χ1v) is 6.97. The summed E-state index contributed by atoms with van der Waals surface area (Å²) in [4.78, 5) is 11.9. The zero-order valence-electron chi connectivity index (χ0n) is 11.3. The highest BCUT2D eigenvalue weighted by atomic mass is 79.9. The van der Waals surface area contributed by atoms with E-state index in [1.54, 1.807) is 28.0 Å². The van der Waals surface area contributed by atoms with Gasteiger partial charge in [0.05, 0.1) is 28.2 Å². The second-order valence-electron chi connectivity index (χ2n) is 4.20. The van der Waals surface area contributed by atoms with Gasteiger partial charge >= 0.3 is 0 Å². The molecule has 20 heavy (non-hydrogen) atoms. The van der Waals surface area contributed by atoms with E-state index in [0.29, 0.717) is 19.0 Å². The smallest absolute Gasteiger partial charge is 0.246 e. The highest BCUT2D eigenvalue weighted by molar-refractivity contribution is 9.10. The second kappa shape index (κ2) is 6.67. The minimum atomic E-state index is -0.157. The molecule has 0 aliphatic rings. The number of nitrogens with one attached hydrogen (secondary N) is 1. The molecule has 0 aliphatic heterocycles. The second-order valence-corrected chi connectivity index (χ2v) is 5.05. The van der Waals surface area contributed by atoms with E-state index < -0.39 is 0 Å². The molecule has 0 bridgehead atoms. The van der Waals surface area contributed by atoms with E-state index in [2.05, 4.69) is 31.4 Å². The number of aryl methyl sites for hydroxylation is 1. The molecule has 2 rings (SSSR count). The number of hydrogen-bond donors (Lipinski definition) is 1. The van der Waals surface area contributed by atoms with Gasteiger partial charge in [-0.15, -0.1) is 0 Å². The fraction of sp³-hybridized carbons (Fsp3) is 0.417. The zero-order valence-corrected chi connectivity index (χ0v) is 12.9. The third-order valence-corrected chi connectivity index (χ3v) is 3.32. The van der Waals surface area contributed by atoms with Crippen LogP contribution in [0.15, 0.2) is 23.1 Å². The van der Waals surface area contributed by atoms with Crippen LogP contribution in [0.1, 0.15) is 12.6 Å². The molecular formula is C12H16BrN5O2. The molecule has 2 aromatic rings. The number of halogens is 1. The molecule has 0 unspecified atom stereocenters. The Morgan fingerprint density at radius 2 is 2.25 bits per heavy atom. The van der Waals surface area contributed by atoms with Crippen LogP contribution in [0.4, 0.5) is 5.69 Å². The van der Waals surface area contributed by atoms with Crippen LogP contribution in [0.2, 0.25) is 0 Å². The van der Waals surface area contributed by atoms with E-state index in [9.17, 15) is 4.79 Å². The molecule has 0 saturated heterocycles. The lowest BCUT2D eigenvalue weighted by Crippen LogP contribution is -2.18. The Morgan fingerprint density at radius 3 is 2.90 bits per heavy atom. The van der Waals surface area contributed by atoms with Crippen LogP contribution in [0.5, 0.6) is 0 Å². The van der Waals surface area contributed by atoms with Crippen LogP contribution in [-0.4, -0.2) is 32.1 Å². The maximum absolute atomic E-state index is 11.9. The summed E-state index contributed by atoms with van der Waals surface area (Å²) in [5.41, 5.74) is 1.49. The topological polar surface area (TPSA) is 74.0 Å². The zero-order chi connectivity index (χ0) is 14.5. The molecule has 2 aromatic heterocycles. The van der Waals surface area contributed by atoms with Crippen LogP contribution in [0.3, 0.4) is 0 Å². The lowest BCUT2D eigenvalue weighted by Gasteiger charge is -2.02. The predicted octanol–water partition coefficient (Wildman–Crippen LogP) is 1.78. The lowest BCUT2D eigenvalue weighted by molar-refractivity contribution is -0.116. The van der Waals surface area contributed by atoms with Crippen molar-refractivity contribution in [1.82, 2.24) is 19.6 Å². The molecule has 0 radical (unpaired) electrons. The van der Waals surface area contributed by atoms with Crippen LogP contribution >= 0.6 is 15.9 Å². The van der Waals surface area contributed by atoms with Crippen LogP contribution in [-0.2, 0) is 22.8 Å². The molecule has 8 heteroatoms. The van der Waals surface area contributed by atoms with Gasteiger partial charge in [0.2, 0.25) is 5.91 Å². The molecule has 0 saturated carbocycles. The maximum Gasteiger partial charge on any atom is 0.246 e. The van der Waals surface area contributed by atoms with E-state index in [1.807, 2.05) is 13.8 Å². The van der Waals surface area contributed by atoms with Gasteiger partial charge in [0.1, 0.15) is 13.3 Å². The van der Waals surface area contributed by atoms with Crippen LogP contribution in [0, 0.1) is 6.92 Å². The minimum Gasteiger partial charge on any atom is -0.360 e. The minimum absolute atomic E-state index is 0.156. The van der Waals surface area contributed by atoms with Gasteiger partial charge in [0, 0.05) is 12.8 Å². The normalized spacial score (nSPS) is 10.8.